The Balaban J connectivity index is 0.000000133. The minimum Gasteiger partial charge on any atom is -0.465 e. The fourth-order valence-corrected chi connectivity index (χ4v) is 10.2. The van der Waals surface area contributed by atoms with E-state index in [4.69, 9.17) is 24.4 Å². The number of thiazole rings is 4. The van der Waals surface area contributed by atoms with Gasteiger partial charge < -0.3 is 18.9 Å². The van der Waals surface area contributed by atoms with Crippen molar-refractivity contribution < 1.29 is 24.4 Å². The van der Waals surface area contributed by atoms with Crippen molar-refractivity contribution in [3.05, 3.63) is 180 Å². The molecular weight excluding hydrogens is 1320 g/mol. The van der Waals surface area contributed by atoms with E-state index in [0.29, 0.717) is 49.4 Å². The van der Waals surface area contributed by atoms with E-state index in [1.807, 2.05) is 20.0 Å². The average molecular weight is 1380 g/mol. The van der Waals surface area contributed by atoms with Crippen LogP contribution in [0.3, 0.4) is 0 Å². The largest absolute Gasteiger partial charge is 0.465 e. The Morgan fingerprint density at radius 3 is 1.20 bits per heavy atom. The summed E-state index contributed by atoms with van der Waals surface area (Å²) in [4.78, 5) is 80.7. The third-order valence-electron chi connectivity index (χ3n) is 12.5. The van der Waals surface area contributed by atoms with Crippen LogP contribution >= 0.6 is 67.9 Å². The molecule has 12 aromatic rings. The van der Waals surface area contributed by atoms with Crippen LogP contribution in [0.1, 0.15) is 70.1 Å². The van der Waals surface area contributed by atoms with Crippen molar-refractivity contribution in [2.45, 2.75) is 65.5 Å². The van der Waals surface area contributed by atoms with Gasteiger partial charge >= 0.3 is 22.8 Å². The van der Waals surface area contributed by atoms with Gasteiger partial charge in [-0.1, -0.05) is 52.3 Å². The lowest BCUT2D eigenvalue weighted by Crippen LogP contribution is -2.23. The first-order valence-corrected chi connectivity index (χ1v) is 30.1. The molecule has 1 aliphatic rings. The average Bonchev–Trinajstić information content (AvgIpc) is 2.00. The van der Waals surface area contributed by atoms with Crippen molar-refractivity contribution >= 4 is 67.9 Å². The standard InChI is InChI=1S/C14H14N6O2S.C13H14N6O2S.C12H12N6O2S.C11H9IN6O2S/c1-19-14(21)20(18-17-19)12-7-15-6-10(9-2-3-9)11(12)8-22-13-16-4-5-23-13;1-3-9-6-14-7-11(19-13(20)18(2)16-17-19)10(9)8-21-12-15-4-5-22-12;1-8-5-13-6-10(18-12(19)17(2)15-16-18)9(8)7-20-11-14-3-4-21-11;1-17-11(19)18(16-15-17)9-5-13-4-8(12)7(9)6-20-10-14-2-3-21-10/h4-7,9H,2-3,8H2,1H3;4-7H,3,8H2,1-2H3;3-6H,7H2,1-2H3;2-5H,6H2,1H3/i2*4T;3T;2T. The van der Waals surface area contributed by atoms with Crippen LogP contribution in [0.25, 0.3) is 22.7 Å². The maximum atomic E-state index is 12.2. The lowest BCUT2D eigenvalue weighted by Gasteiger charge is -2.13. The van der Waals surface area contributed by atoms with Crippen molar-refractivity contribution in [2.24, 2.45) is 28.2 Å². The number of nitrogens with zero attached hydrogens (tertiary/aromatic N) is 24. The predicted octanol–water partition coefficient (Wildman–Crippen LogP) is 3.94. The molecule has 37 heteroatoms. The second-order valence-electron chi connectivity index (χ2n) is 18.0. The molecule has 0 amide bonds. The number of aryl methyl sites for hydroxylation is 6. The fraction of sp³-hybridized carbons (Fsp3) is 0.280. The summed E-state index contributed by atoms with van der Waals surface area (Å²) in [5.74, 6) is 0.437. The Morgan fingerprint density at radius 1 is 0.471 bits per heavy atom. The van der Waals surface area contributed by atoms with E-state index >= 15 is 0 Å². The lowest BCUT2D eigenvalue weighted by molar-refractivity contribution is 0.302. The first kappa shape index (κ1) is 55.4. The highest BCUT2D eigenvalue weighted by molar-refractivity contribution is 14.1. The number of halogens is 1. The number of ether oxygens (including phenoxy) is 4. The summed E-state index contributed by atoms with van der Waals surface area (Å²) < 4.78 is 62.4. The first-order chi connectivity index (χ1) is 43.8. The van der Waals surface area contributed by atoms with Crippen molar-refractivity contribution in [1.29, 1.82) is 0 Å². The molecule has 448 valence electrons. The summed E-state index contributed by atoms with van der Waals surface area (Å²) in [6.45, 7) is 4.69. The molecule has 0 bridgehead atoms. The van der Waals surface area contributed by atoms with Crippen molar-refractivity contribution in [1.82, 2.24) is 119 Å². The van der Waals surface area contributed by atoms with Gasteiger partial charge in [-0.3, -0.25) is 19.9 Å². The van der Waals surface area contributed by atoms with Gasteiger partial charge in [0.1, 0.15) is 26.4 Å². The van der Waals surface area contributed by atoms with Crippen LogP contribution < -0.4 is 41.7 Å². The minimum absolute atomic E-state index is 0.162. The van der Waals surface area contributed by atoms with E-state index in [-0.39, 0.29) is 73.9 Å². The normalized spacial score (nSPS) is 12.3. The monoisotopic (exact) mass is 1380 g/mol. The van der Waals surface area contributed by atoms with Gasteiger partial charge in [0.25, 0.3) is 20.8 Å². The highest BCUT2D eigenvalue weighted by atomic mass is 127. The van der Waals surface area contributed by atoms with Crippen LogP contribution in [-0.4, -0.2) is 119 Å². The zero-order valence-electron chi connectivity index (χ0n) is 50.5. The summed E-state index contributed by atoms with van der Waals surface area (Å²) in [6.07, 6.45) is 16.7. The molecule has 0 radical (unpaired) electrons. The van der Waals surface area contributed by atoms with Crippen molar-refractivity contribution in [3.63, 3.8) is 0 Å². The minimum atomic E-state index is -0.368. The molecule has 0 atom stereocenters. The topological polar surface area (TPSA) is 351 Å². The van der Waals surface area contributed by atoms with E-state index < -0.39 is 0 Å². The maximum Gasteiger partial charge on any atom is 0.368 e. The highest BCUT2D eigenvalue weighted by Gasteiger charge is 2.29. The maximum absolute atomic E-state index is 12.2. The molecular formula is C50H49IN24O8S4. The Hall–Kier alpha value is -9.47. The molecule has 0 N–H and O–H groups in total. The summed E-state index contributed by atoms with van der Waals surface area (Å²) in [6, 6.07) is 0. The van der Waals surface area contributed by atoms with Gasteiger partial charge in [-0.25, -0.2) is 39.1 Å². The van der Waals surface area contributed by atoms with E-state index in [2.05, 4.69) is 104 Å². The Kier molecular flexibility index (Phi) is 17.9. The van der Waals surface area contributed by atoms with Gasteiger partial charge in [-0.2, -0.15) is 37.5 Å². The molecule has 1 aliphatic carbocycles. The van der Waals surface area contributed by atoms with Crippen LogP contribution in [0.5, 0.6) is 20.8 Å². The zero-order valence-corrected chi connectivity index (χ0v) is 51.9. The zero-order chi connectivity index (χ0) is 64.5. The molecule has 0 spiro atoms. The molecule has 12 heterocycles. The van der Waals surface area contributed by atoms with Gasteiger partial charge in [0, 0.05) is 125 Å². The molecule has 12 aromatic heterocycles. The van der Waals surface area contributed by atoms with Gasteiger partial charge in [-0.15, -0.1) is 0 Å². The smallest absolute Gasteiger partial charge is 0.368 e. The van der Waals surface area contributed by atoms with Gasteiger partial charge in [0.15, 0.2) is 0 Å². The van der Waals surface area contributed by atoms with E-state index in [1.54, 1.807) is 65.7 Å². The second kappa shape index (κ2) is 28.2. The fourth-order valence-electron chi connectivity index (χ4n) is 7.86. The van der Waals surface area contributed by atoms with Gasteiger partial charge in [-0.05, 0) is 113 Å². The van der Waals surface area contributed by atoms with Crippen LogP contribution in [0, 0.1) is 10.5 Å². The molecule has 1 saturated carbocycles. The van der Waals surface area contributed by atoms with Crippen molar-refractivity contribution in [3.8, 4) is 43.5 Å². The lowest BCUT2D eigenvalue weighted by atomic mass is 10.1. The summed E-state index contributed by atoms with van der Waals surface area (Å²) >= 11 is 7.13. The summed E-state index contributed by atoms with van der Waals surface area (Å²) in [7, 11) is 6.13. The molecule has 0 aliphatic heterocycles. The first-order valence-electron chi connectivity index (χ1n) is 27.5. The Labute approximate surface area is 525 Å². The second-order valence-corrected chi connectivity index (χ2v) is 22.5. The van der Waals surface area contributed by atoms with Crippen LogP contribution in [-0.2, 0) is 61.0 Å². The summed E-state index contributed by atoms with van der Waals surface area (Å²) in [5.41, 5.74) is 6.73. The Morgan fingerprint density at radius 2 is 0.816 bits per heavy atom. The number of hydrogen-bond acceptors (Lipinski definition) is 28. The third-order valence-corrected chi connectivity index (χ3v) is 15.9. The molecule has 0 saturated heterocycles. The molecule has 0 unspecified atom stereocenters. The number of pyridine rings is 4. The molecule has 32 nitrogen and oxygen atoms in total. The van der Waals surface area contributed by atoms with Gasteiger partial charge in [0.05, 0.1) is 53.0 Å². The number of hydrogen-bond donors (Lipinski definition) is 0. The number of tetrazole rings is 4. The quantitative estimate of drug-likeness (QED) is 0.110. The molecule has 87 heavy (non-hydrogen) atoms. The highest BCUT2D eigenvalue weighted by Crippen LogP contribution is 2.42. The van der Waals surface area contributed by atoms with E-state index in [9.17, 15) is 19.2 Å². The van der Waals surface area contributed by atoms with Crippen LogP contribution in [0.15, 0.2) is 115 Å². The Bertz CT molecular complexity index is 4610. The van der Waals surface area contributed by atoms with E-state index in [0.717, 1.165) is 75.8 Å². The third kappa shape index (κ3) is 14.4. The number of aromatic nitrogens is 24. The van der Waals surface area contributed by atoms with Crippen LogP contribution in [0.2, 0.25) is 0 Å². The SMILES string of the molecule is [3H]c1csc(OCc2c(C)cncc2-n2nnn(C)c2=O)n1.[3H]c1csc(OCc2c(C3CC3)cncc2-n2nnn(C)c2=O)n1.[3H]c1csc(OCc2c(CC)cncc2-n2nnn(C)c2=O)n1.[3H]c1csc(OCc2c(I)cncc2-n2nnn(C)c2=O)n1. The van der Waals surface area contributed by atoms with Crippen LogP contribution in [0.4, 0.5) is 0 Å². The molecule has 1 fully saturated rings. The number of rotatable bonds is 18. The summed E-state index contributed by atoms with van der Waals surface area (Å²) in [5, 5.41) is 38.3. The molecule has 13 rings (SSSR count). The molecule has 0 aromatic carbocycles. The predicted molar refractivity (Wildman–Crippen MR) is 322 cm³/mol. The van der Waals surface area contributed by atoms with Gasteiger partial charge in [0.2, 0.25) is 0 Å². The van der Waals surface area contributed by atoms with Crippen molar-refractivity contribution in [2.75, 3.05) is 0 Å². The van der Waals surface area contributed by atoms with E-state index in [1.165, 1.54) is 96.1 Å².